The molecule has 0 saturated carbocycles. The van der Waals surface area contributed by atoms with Crippen LogP contribution in [0.5, 0.6) is 0 Å². The monoisotopic (exact) mass is 305 g/mol. The summed E-state index contributed by atoms with van der Waals surface area (Å²) in [6.07, 6.45) is 12.5. The van der Waals surface area contributed by atoms with Crippen molar-refractivity contribution in [2.45, 2.75) is 58.3 Å². The standard InChI is InChI=1S/C12H16N2O.C6H15N/c15-12(14-9-1-2-10-14)4-3-11-5-7-13-8-6-11;1-2-3-4-5-6-7/h5-8H,1-4,9-10H2;2-7H2,1H3. The van der Waals surface area contributed by atoms with Crippen LogP contribution in [0.1, 0.15) is 57.4 Å². The normalized spacial score (nSPS) is 13.6. The fourth-order valence-corrected chi connectivity index (χ4v) is 2.50. The van der Waals surface area contributed by atoms with Crippen LogP contribution < -0.4 is 5.73 Å². The highest BCUT2D eigenvalue weighted by Crippen LogP contribution is 2.10. The molecule has 2 rings (SSSR count). The smallest absolute Gasteiger partial charge is 0.222 e. The highest BCUT2D eigenvalue weighted by atomic mass is 16.2. The zero-order valence-corrected chi connectivity index (χ0v) is 14.0. The van der Waals surface area contributed by atoms with Crippen molar-refractivity contribution in [1.82, 2.24) is 9.88 Å². The Bertz CT molecular complexity index is 385. The first-order valence-corrected chi connectivity index (χ1v) is 8.64. The fraction of sp³-hybridized carbons (Fsp3) is 0.667. The van der Waals surface area contributed by atoms with Crippen LogP contribution in [0.3, 0.4) is 0 Å². The molecule has 1 saturated heterocycles. The Hall–Kier alpha value is -1.42. The summed E-state index contributed by atoms with van der Waals surface area (Å²) in [6.45, 7) is 4.97. The van der Waals surface area contributed by atoms with Gasteiger partial charge in [-0.05, 0) is 49.9 Å². The van der Waals surface area contributed by atoms with Gasteiger partial charge in [0.1, 0.15) is 0 Å². The van der Waals surface area contributed by atoms with Crippen molar-refractivity contribution in [3.63, 3.8) is 0 Å². The highest BCUT2D eigenvalue weighted by Gasteiger charge is 2.16. The summed E-state index contributed by atoms with van der Waals surface area (Å²) in [4.78, 5) is 17.7. The molecular formula is C18H31N3O. The molecule has 0 bridgehead atoms. The Kier molecular flexibility index (Phi) is 10.3. The van der Waals surface area contributed by atoms with Crippen LogP contribution in [0.15, 0.2) is 24.5 Å². The number of carbonyl (C=O) groups is 1. The summed E-state index contributed by atoms with van der Waals surface area (Å²) in [5.74, 6) is 0.296. The molecule has 22 heavy (non-hydrogen) atoms. The molecule has 0 aliphatic carbocycles. The second kappa shape index (κ2) is 12.2. The third kappa shape index (κ3) is 8.13. The van der Waals surface area contributed by atoms with E-state index in [1.807, 2.05) is 17.0 Å². The topological polar surface area (TPSA) is 59.2 Å². The Morgan fingerprint density at radius 2 is 1.86 bits per heavy atom. The van der Waals surface area contributed by atoms with Gasteiger partial charge in [0.25, 0.3) is 0 Å². The lowest BCUT2D eigenvalue weighted by molar-refractivity contribution is -0.130. The number of aromatic nitrogens is 1. The van der Waals surface area contributed by atoms with Gasteiger partial charge in [0.05, 0.1) is 0 Å². The van der Waals surface area contributed by atoms with Crippen molar-refractivity contribution in [2.75, 3.05) is 19.6 Å². The van der Waals surface area contributed by atoms with Crippen LogP contribution in [-0.2, 0) is 11.2 Å². The maximum absolute atomic E-state index is 11.7. The second-order valence-corrected chi connectivity index (χ2v) is 5.79. The van der Waals surface area contributed by atoms with Gasteiger partial charge in [-0.2, -0.15) is 0 Å². The SMILES string of the molecule is CCCCCCN.O=C(CCc1ccncc1)N1CCCC1. The Labute approximate surface area is 135 Å². The van der Waals surface area contributed by atoms with Crippen LogP contribution >= 0.6 is 0 Å². The quantitative estimate of drug-likeness (QED) is 0.787. The number of carbonyl (C=O) groups excluding carboxylic acids is 1. The first kappa shape index (κ1) is 18.6. The van der Waals surface area contributed by atoms with Crippen LogP contribution in [0.2, 0.25) is 0 Å². The molecule has 0 spiro atoms. The van der Waals surface area contributed by atoms with E-state index in [9.17, 15) is 4.79 Å². The zero-order valence-electron chi connectivity index (χ0n) is 14.0. The summed E-state index contributed by atoms with van der Waals surface area (Å²) in [7, 11) is 0. The van der Waals surface area contributed by atoms with Gasteiger partial charge in [0.2, 0.25) is 5.91 Å². The maximum Gasteiger partial charge on any atom is 0.222 e. The maximum atomic E-state index is 11.7. The first-order chi connectivity index (χ1) is 10.8. The lowest BCUT2D eigenvalue weighted by Gasteiger charge is -2.14. The molecule has 0 unspecified atom stereocenters. The van der Waals surface area contributed by atoms with Crippen molar-refractivity contribution in [3.05, 3.63) is 30.1 Å². The van der Waals surface area contributed by atoms with E-state index in [1.54, 1.807) is 12.4 Å². The lowest BCUT2D eigenvalue weighted by Crippen LogP contribution is -2.27. The van der Waals surface area contributed by atoms with Crippen LogP contribution in [0.4, 0.5) is 0 Å². The largest absolute Gasteiger partial charge is 0.343 e. The number of unbranched alkanes of at least 4 members (excludes halogenated alkanes) is 3. The number of rotatable bonds is 7. The van der Waals surface area contributed by atoms with E-state index >= 15 is 0 Å². The molecule has 2 heterocycles. The minimum Gasteiger partial charge on any atom is -0.343 e. The van der Waals surface area contributed by atoms with Gasteiger partial charge in [-0.15, -0.1) is 0 Å². The molecular weight excluding hydrogens is 274 g/mol. The van der Waals surface area contributed by atoms with Crippen molar-refractivity contribution >= 4 is 5.91 Å². The number of hydrogen-bond donors (Lipinski definition) is 1. The molecule has 1 aromatic heterocycles. The van der Waals surface area contributed by atoms with Gasteiger partial charge < -0.3 is 10.6 Å². The minimum absolute atomic E-state index is 0.296. The number of likely N-dealkylation sites (tertiary alicyclic amines) is 1. The number of pyridine rings is 1. The van der Waals surface area contributed by atoms with Crippen molar-refractivity contribution < 1.29 is 4.79 Å². The summed E-state index contributed by atoms with van der Waals surface area (Å²) < 4.78 is 0. The van der Waals surface area contributed by atoms with E-state index in [4.69, 9.17) is 5.73 Å². The molecule has 0 atom stereocenters. The number of hydrogen-bond acceptors (Lipinski definition) is 3. The van der Waals surface area contributed by atoms with Gasteiger partial charge in [-0.1, -0.05) is 26.2 Å². The predicted molar refractivity (Wildman–Crippen MR) is 91.6 cm³/mol. The average Bonchev–Trinajstić information content (AvgIpc) is 3.09. The summed E-state index contributed by atoms with van der Waals surface area (Å²) in [5, 5.41) is 0. The number of amides is 1. The lowest BCUT2D eigenvalue weighted by atomic mass is 10.1. The van der Waals surface area contributed by atoms with E-state index in [-0.39, 0.29) is 0 Å². The van der Waals surface area contributed by atoms with Gasteiger partial charge in [-0.25, -0.2) is 0 Å². The van der Waals surface area contributed by atoms with Gasteiger partial charge in [0, 0.05) is 31.9 Å². The van der Waals surface area contributed by atoms with Crippen molar-refractivity contribution in [3.8, 4) is 0 Å². The van der Waals surface area contributed by atoms with Crippen LogP contribution in [-0.4, -0.2) is 35.4 Å². The van der Waals surface area contributed by atoms with Crippen LogP contribution in [0, 0.1) is 0 Å². The number of nitrogens with zero attached hydrogens (tertiary/aromatic N) is 2. The van der Waals surface area contributed by atoms with E-state index in [0.717, 1.165) is 26.1 Å². The molecule has 1 aromatic rings. The third-order valence-corrected chi connectivity index (χ3v) is 3.89. The van der Waals surface area contributed by atoms with Gasteiger partial charge >= 0.3 is 0 Å². The highest BCUT2D eigenvalue weighted by molar-refractivity contribution is 5.76. The van der Waals surface area contributed by atoms with E-state index < -0.39 is 0 Å². The average molecular weight is 305 g/mol. The summed E-state index contributed by atoms with van der Waals surface area (Å²) in [6, 6.07) is 3.94. The van der Waals surface area contributed by atoms with Gasteiger partial charge in [-0.3, -0.25) is 9.78 Å². The minimum atomic E-state index is 0.296. The molecule has 4 heteroatoms. The predicted octanol–water partition coefficient (Wildman–Crippen LogP) is 3.16. The molecule has 1 fully saturated rings. The molecule has 1 aliphatic heterocycles. The Balaban J connectivity index is 0.000000295. The Morgan fingerprint density at radius 3 is 2.45 bits per heavy atom. The summed E-state index contributed by atoms with van der Waals surface area (Å²) >= 11 is 0. The van der Waals surface area contributed by atoms with Crippen molar-refractivity contribution in [2.24, 2.45) is 5.73 Å². The van der Waals surface area contributed by atoms with E-state index in [1.165, 1.54) is 44.1 Å². The molecule has 1 amide bonds. The van der Waals surface area contributed by atoms with E-state index in [0.29, 0.717) is 12.3 Å². The van der Waals surface area contributed by atoms with Crippen molar-refractivity contribution in [1.29, 1.82) is 0 Å². The molecule has 4 nitrogen and oxygen atoms in total. The zero-order chi connectivity index (χ0) is 16.0. The molecule has 124 valence electrons. The summed E-state index contributed by atoms with van der Waals surface area (Å²) in [5.41, 5.74) is 6.46. The third-order valence-electron chi connectivity index (χ3n) is 3.89. The first-order valence-electron chi connectivity index (χ1n) is 8.64. The Morgan fingerprint density at radius 1 is 1.18 bits per heavy atom. The molecule has 2 N–H and O–H groups in total. The second-order valence-electron chi connectivity index (χ2n) is 5.79. The van der Waals surface area contributed by atoms with Gasteiger partial charge in [0.15, 0.2) is 0 Å². The number of aryl methyl sites for hydroxylation is 1. The van der Waals surface area contributed by atoms with E-state index in [2.05, 4.69) is 11.9 Å². The van der Waals surface area contributed by atoms with Crippen LogP contribution in [0.25, 0.3) is 0 Å². The number of nitrogens with two attached hydrogens (primary N) is 1. The molecule has 0 radical (unpaired) electrons. The molecule has 1 aliphatic rings. The fourth-order valence-electron chi connectivity index (χ4n) is 2.50. The molecule has 0 aromatic carbocycles.